The number of nitrogens with one attached hydrogen (secondary N) is 3. The second kappa shape index (κ2) is 18.9. The molecule has 1 fully saturated rings. The molecule has 5 rings (SSSR count). The molecule has 0 unspecified atom stereocenters. The summed E-state index contributed by atoms with van der Waals surface area (Å²) in [4.78, 5) is 81.7. The molecule has 0 spiro atoms. The summed E-state index contributed by atoms with van der Waals surface area (Å²) < 4.78 is 12.1. The lowest BCUT2D eigenvalue weighted by Gasteiger charge is -2.43. The molecule has 3 aromatic rings. The summed E-state index contributed by atoms with van der Waals surface area (Å²) in [7, 11) is 1.60. The molecule has 1 saturated heterocycles. The first-order chi connectivity index (χ1) is 26.8. The van der Waals surface area contributed by atoms with Crippen molar-refractivity contribution in [3.63, 3.8) is 0 Å². The average Bonchev–Trinajstić information content (AvgIpc) is 3.17. The highest BCUT2D eigenvalue weighted by Gasteiger charge is 2.49. The largest absolute Gasteiger partial charge is 0.461 e. The van der Waals surface area contributed by atoms with Crippen LogP contribution in [0.4, 0.5) is 4.79 Å². The predicted octanol–water partition coefficient (Wildman–Crippen LogP) is 4.71. The Bertz CT molecular complexity index is 1920. The quantitative estimate of drug-likeness (QED) is 0.157. The molecule has 1 aromatic heterocycles. The van der Waals surface area contributed by atoms with E-state index in [0.717, 1.165) is 11.1 Å². The highest BCUT2D eigenvalue weighted by Crippen LogP contribution is 2.48. The standard InChI is InChI=1S/C43H55N5O8/c1-28(2)55-40(52)36(19-11-12-24-44-42(54)56-29(3)4)46-41(53)43(30-14-7-6-8-15-30)23-20-33(32-16-9-10-18-35(32)43)39(51)48-26-21-31(22-27-48)45-37(49)34-17-13-25-47(5)38(34)50/h6-10,13-18,25,28-29,31,33,36H,11-12,19-24,26-27H2,1-5H3,(H,44,54)(H,45,49)(H,46,53)/t33-,36-,43+/m0/s1. The van der Waals surface area contributed by atoms with Gasteiger partial charge in [-0.15, -0.1) is 0 Å². The molecule has 1 aliphatic carbocycles. The maximum atomic E-state index is 14.9. The third-order valence-corrected chi connectivity index (χ3v) is 10.5. The molecule has 0 radical (unpaired) electrons. The zero-order chi connectivity index (χ0) is 40.4. The molecule has 0 bridgehead atoms. The third-order valence-electron chi connectivity index (χ3n) is 10.5. The molecule has 4 amide bonds. The minimum atomic E-state index is -1.20. The fourth-order valence-corrected chi connectivity index (χ4v) is 7.75. The fourth-order valence-electron chi connectivity index (χ4n) is 7.75. The Morgan fingerprint density at radius 1 is 0.839 bits per heavy atom. The van der Waals surface area contributed by atoms with E-state index >= 15 is 0 Å². The molecule has 13 nitrogen and oxygen atoms in total. The van der Waals surface area contributed by atoms with Crippen LogP contribution in [0.3, 0.4) is 0 Å². The highest BCUT2D eigenvalue weighted by molar-refractivity contribution is 5.97. The maximum absolute atomic E-state index is 14.9. The number of nitrogens with zero attached hydrogens (tertiary/aromatic N) is 2. The number of aryl methyl sites for hydroxylation is 1. The number of likely N-dealkylation sites (tertiary alicyclic amines) is 1. The molecular weight excluding hydrogens is 715 g/mol. The van der Waals surface area contributed by atoms with E-state index in [0.29, 0.717) is 70.1 Å². The lowest BCUT2D eigenvalue weighted by Crippen LogP contribution is -2.54. The Morgan fingerprint density at radius 3 is 2.21 bits per heavy atom. The Labute approximate surface area is 328 Å². The van der Waals surface area contributed by atoms with Crippen LogP contribution in [-0.4, -0.2) is 83.2 Å². The molecule has 13 heteroatoms. The first-order valence-corrected chi connectivity index (χ1v) is 19.7. The van der Waals surface area contributed by atoms with E-state index in [4.69, 9.17) is 9.47 Å². The number of fused-ring (bicyclic) bond motifs is 1. The minimum absolute atomic E-state index is 0.0366. The second-order valence-corrected chi connectivity index (χ2v) is 15.2. The Morgan fingerprint density at radius 2 is 1.52 bits per heavy atom. The number of amides is 4. The van der Waals surface area contributed by atoms with E-state index in [1.165, 1.54) is 10.6 Å². The van der Waals surface area contributed by atoms with Crippen molar-refractivity contribution < 1.29 is 33.4 Å². The summed E-state index contributed by atoms with van der Waals surface area (Å²) in [5.74, 6) is -1.84. The summed E-state index contributed by atoms with van der Waals surface area (Å²) >= 11 is 0. The van der Waals surface area contributed by atoms with Gasteiger partial charge in [-0.2, -0.15) is 0 Å². The summed E-state index contributed by atoms with van der Waals surface area (Å²) in [5, 5.41) is 8.75. The molecule has 300 valence electrons. The second-order valence-electron chi connectivity index (χ2n) is 15.2. The minimum Gasteiger partial charge on any atom is -0.461 e. The Hall–Kier alpha value is -5.46. The third kappa shape index (κ3) is 9.85. The van der Waals surface area contributed by atoms with Crippen molar-refractivity contribution in [2.45, 2.75) is 108 Å². The molecule has 3 N–H and O–H groups in total. The SMILES string of the molecule is CC(C)OC(=O)NCCCC[C@H](NC(=O)[C@@]1(c2ccccc2)CC[C@H](C(=O)N2CCC(NC(=O)c3cccn(C)c3=O)CC2)c2ccccc21)C(=O)OC(C)C. The zero-order valence-electron chi connectivity index (χ0n) is 33.0. The van der Waals surface area contributed by atoms with E-state index in [1.54, 1.807) is 47.0 Å². The van der Waals surface area contributed by atoms with Crippen LogP contribution in [0.25, 0.3) is 0 Å². The van der Waals surface area contributed by atoms with Gasteiger partial charge in [0.1, 0.15) is 11.6 Å². The first-order valence-electron chi connectivity index (χ1n) is 19.7. The predicted molar refractivity (Wildman–Crippen MR) is 211 cm³/mol. The van der Waals surface area contributed by atoms with Crippen LogP contribution >= 0.6 is 0 Å². The van der Waals surface area contributed by atoms with Gasteiger partial charge in [0.2, 0.25) is 11.8 Å². The van der Waals surface area contributed by atoms with Gasteiger partial charge in [-0.25, -0.2) is 9.59 Å². The smallest absolute Gasteiger partial charge is 0.407 e. The number of aromatic nitrogens is 1. The number of carbonyl (C=O) groups is 5. The lowest BCUT2D eigenvalue weighted by molar-refractivity contribution is -0.152. The van der Waals surface area contributed by atoms with Crippen molar-refractivity contribution in [2.24, 2.45) is 7.05 Å². The molecule has 2 heterocycles. The number of alkyl carbamates (subject to hydrolysis) is 1. The first kappa shape index (κ1) is 41.7. The van der Waals surface area contributed by atoms with Crippen molar-refractivity contribution >= 4 is 29.8 Å². The Kier molecular flexibility index (Phi) is 14.1. The van der Waals surface area contributed by atoms with Gasteiger partial charge in [-0.05, 0) is 101 Å². The van der Waals surface area contributed by atoms with Gasteiger partial charge in [0, 0.05) is 38.9 Å². The number of hydrogen-bond acceptors (Lipinski definition) is 8. The van der Waals surface area contributed by atoms with Crippen LogP contribution < -0.4 is 21.5 Å². The van der Waals surface area contributed by atoms with Gasteiger partial charge in [-0.1, -0.05) is 54.6 Å². The van der Waals surface area contributed by atoms with E-state index < -0.39 is 35.3 Å². The van der Waals surface area contributed by atoms with Crippen LogP contribution in [0, 0.1) is 0 Å². The Balaban J connectivity index is 1.33. The summed E-state index contributed by atoms with van der Waals surface area (Å²) in [6.07, 6.45) is 3.64. The lowest BCUT2D eigenvalue weighted by atomic mass is 9.62. The maximum Gasteiger partial charge on any atom is 0.407 e. The van der Waals surface area contributed by atoms with E-state index in [-0.39, 0.29) is 41.2 Å². The fraction of sp³-hybridized carbons (Fsp3) is 0.488. The summed E-state index contributed by atoms with van der Waals surface area (Å²) in [5.41, 5.74) is 0.750. The van der Waals surface area contributed by atoms with Crippen LogP contribution in [0.1, 0.15) is 106 Å². The molecule has 2 aliphatic rings. The van der Waals surface area contributed by atoms with Crippen molar-refractivity contribution in [1.82, 2.24) is 25.4 Å². The molecule has 56 heavy (non-hydrogen) atoms. The van der Waals surface area contributed by atoms with E-state index in [2.05, 4.69) is 16.0 Å². The molecule has 1 aliphatic heterocycles. The number of rotatable bonds is 14. The van der Waals surface area contributed by atoms with Crippen LogP contribution in [0.15, 0.2) is 77.7 Å². The van der Waals surface area contributed by atoms with Crippen LogP contribution in [0.5, 0.6) is 0 Å². The number of unbranched alkanes of at least 4 members (excludes halogenated alkanes) is 1. The average molecular weight is 770 g/mol. The molecule has 2 aromatic carbocycles. The van der Waals surface area contributed by atoms with E-state index in [9.17, 15) is 28.8 Å². The topological polar surface area (TPSA) is 165 Å². The number of carbonyl (C=O) groups excluding carboxylic acids is 5. The molecular formula is C43H55N5O8. The van der Waals surface area contributed by atoms with Crippen LogP contribution in [0.2, 0.25) is 0 Å². The van der Waals surface area contributed by atoms with Gasteiger partial charge in [0.15, 0.2) is 0 Å². The molecule has 0 saturated carbocycles. The monoisotopic (exact) mass is 769 g/mol. The number of piperidine rings is 1. The van der Waals surface area contributed by atoms with Gasteiger partial charge in [0.25, 0.3) is 11.5 Å². The van der Waals surface area contributed by atoms with Gasteiger partial charge in [-0.3, -0.25) is 19.2 Å². The number of ether oxygens (including phenoxy) is 2. The number of esters is 1. The van der Waals surface area contributed by atoms with Gasteiger partial charge in [0.05, 0.1) is 23.5 Å². The van der Waals surface area contributed by atoms with E-state index in [1.807, 2.05) is 59.5 Å². The normalized spacial score (nSPS) is 18.8. The molecule has 3 atom stereocenters. The van der Waals surface area contributed by atoms with Crippen molar-refractivity contribution in [1.29, 1.82) is 0 Å². The van der Waals surface area contributed by atoms with Gasteiger partial charge >= 0.3 is 12.1 Å². The zero-order valence-corrected chi connectivity index (χ0v) is 33.0. The number of pyridine rings is 1. The summed E-state index contributed by atoms with van der Waals surface area (Å²) in [6.45, 7) is 8.28. The van der Waals surface area contributed by atoms with Crippen molar-refractivity contribution in [3.05, 3.63) is 106 Å². The number of benzene rings is 2. The highest BCUT2D eigenvalue weighted by atomic mass is 16.6. The van der Waals surface area contributed by atoms with Crippen LogP contribution in [-0.2, 0) is 36.3 Å². The number of hydrogen-bond donors (Lipinski definition) is 3. The van der Waals surface area contributed by atoms with Crippen molar-refractivity contribution in [3.8, 4) is 0 Å². The van der Waals surface area contributed by atoms with Gasteiger partial charge < -0.3 is 34.9 Å². The van der Waals surface area contributed by atoms with Crippen molar-refractivity contribution in [2.75, 3.05) is 19.6 Å². The summed E-state index contributed by atoms with van der Waals surface area (Å²) in [6, 6.07) is 19.1.